The van der Waals surface area contributed by atoms with Crippen LogP contribution in [0.4, 0.5) is 0 Å². The number of hydrogen-bond donors (Lipinski definition) is 0. The third-order valence-corrected chi connectivity index (χ3v) is 12.6. The van der Waals surface area contributed by atoms with E-state index < -0.39 is 0 Å². The Bertz CT molecular complexity index is 968. The summed E-state index contributed by atoms with van der Waals surface area (Å²) in [5, 5.41) is 0. The van der Waals surface area contributed by atoms with Gasteiger partial charge in [-0.05, 0) is 154 Å². The van der Waals surface area contributed by atoms with Gasteiger partial charge in [0.25, 0.3) is 0 Å². The van der Waals surface area contributed by atoms with Gasteiger partial charge in [-0.25, -0.2) is 0 Å². The molecule has 276 valence electrons. The zero-order valence-corrected chi connectivity index (χ0v) is 35.4. The SMILES string of the molecule is CC(C)=C1CCC[C@@]1(C)C(C)C.CC(C)=C1CCC[C@H]1C(C)C.CC(C)C(C)[C@@H]1CCCN1C(C)C.CC(C)C1C=CCN1C(C)C. The van der Waals surface area contributed by atoms with E-state index in [1.807, 2.05) is 0 Å². The van der Waals surface area contributed by atoms with Gasteiger partial charge in [-0.2, -0.15) is 0 Å². The summed E-state index contributed by atoms with van der Waals surface area (Å²) < 4.78 is 0. The fourth-order valence-corrected chi connectivity index (χ4v) is 8.94. The molecule has 2 heteroatoms. The number of allylic oxidation sites excluding steroid dienone is 4. The molecule has 0 aromatic carbocycles. The van der Waals surface area contributed by atoms with E-state index in [2.05, 4.69) is 147 Å². The predicted octanol–water partition coefficient (Wildman–Crippen LogP) is 13.4. The fourth-order valence-electron chi connectivity index (χ4n) is 8.94. The van der Waals surface area contributed by atoms with Crippen LogP contribution in [-0.4, -0.2) is 47.1 Å². The van der Waals surface area contributed by atoms with Gasteiger partial charge in [-0.1, -0.05) is 104 Å². The Morgan fingerprint density at radius 1 is 0.702 bits per heavy atom. The summed E-state index contributed by atoms with van der Waals surface area (Å²) in [5.74, 6) is 4.97. The first-order valence-electron chi connectivity index (χ1n) is 20.3. The molecule has 2 aliphatic heterocycles. The van der Waals surface area contributed by atoms with Crippen molar-refractivity contribution in [3.8, 4) is 0 Å². The molecule has 4 rings (SSSR count). The van der Waals surface area contributed by atoms with Gasteiger partial charge >= 0.3 is 0 Å². The Hall–Kier alpha value is -0.860. The summed E-state index contributed by atoms with van der Waals surface area (Å²) >= 11 is 0. The summed E-state index contributed by atoms with van der Waals surface area (Å²) in [4.78, 5) is 5.22. The van der Waals surface area contributed by atoms with Gasteiger partial charge in [-0.15, -0.1) is 0 Å². The maximum Gasteiger partial charge on any atom is 0.0307 e. The van der Waals surface area contributed by atoms with Crippen molar-refractivity contribution >= 4 is 0 Å². The number of nitrogens with zero attached hydrogens (tertiary/aromatic N) is 2. The molecule has 2 aliphatic carbocycles. The minimum atomic E-state index is 0.513. The molecule has 0 bridgehead atoms. The van der Waals surface area contributed by atoms with Crippen LogP contribution in [0.15, 0.2) is 34.4 Å². The first-order valence-corrected chi connectivity index (χ1v) is 20.3. The molecule has 47 heavy (non-hydrogen) atoms. The van der Waals surface area contributed by atoms with Crippen LogP contribution >= 0.6 is 0 Å². The second-order valence-corrected chi connectivity index (χ2v) is 18.3. The molecule has 2 nitrogen and oxygen atoms in total. The van der Waals surface area contributed by atoms with Crippen LogP contribution in [0.5, 0.6) is 0 Å². The molecule has 0 aromatic heterocycles. The van der Waals surface area contributed by atoms with E-state index in [1.165, 1.54) is 57.9 Å². The molecular formula is C45H86N2. The Balaban J connectivity index is 0.000000314. The minimum absolute atomic E-state index is 0.513. The maximum atomic E-state index is 2.69. The first-order chi connectivity index (χ1) is 21.8. The average molecular weight is 655 g/mol. The molecule has 0 amide bonds. The van der Waals surface area contributed by atoms with E-state index >= 15 is 0 Å². The van der Waals surface area contributed by atoms with Crippen LogP contribution in [0.1, 0.15) is 176 Å². The van der Waals surface area contributed by atoms with Crippen molar-refractivity contribution in [2.75, 3.05) is 13.1 Å². The van der Waals surface area contributed by atoms with Crippen LogP contribution in [0, 0.1) is 40.9 Å². The van der Waals surface area contributed by atoms with E-state index in [9.17, 15) is 0 Å². The Morgan fingerprint density at radius 3 is 1.68 bits per heavy atom. The Labute approximate surface area is 297 Å². The number of rotatable bonds is 7. The highest BCUT2D eigenvalue weighted by atomic mass is 15.2. The van der Waals surface area contributed by atoms with Crippen LogP contribution in [-0.2, 0) is 0 Å². The van der Waals surface area contributed by atoms with Gasteiger partial charge in [-0.3, -0.25) is 9.80 Å². The molecule has 0 spiro atoms. The van der Waals surface area contributed by atoms with Crippen molar-refractivity contribution in [1.82, 2.24) is 9.80 Å². The van der Waals surface area contributed by atoms with Crippen molar-refractivity contribution in [3.05, 3.63) is 34.4 Å². The van der Waals surface area contributed by atoms with E-state index in [0.717, 1.165) is 54.1 Å². The van der Waals surface area contributed by atoms with Crippen LogP contribution in [0.25, 0.3) is 0 Å². The lowest BCUT2D eigenvalue weighted by Crippen LogP contribution is -2.40. The molecule has 0 radical (unpaired) electrons. The summed E-state index contributed by atoms with van der Waals surface area (Å²) in [5.41, 5.74) is 7.13. The summed E-state index contributed by atoms with van der Waals surface area (Å²) in [6.07, 6.45) is 15.8. The highest BCUT2D eigenvalue weighted by Gasteiger charge is 2.37. The highest BCUT2D eigenvalue weighted by molar-refractivity contribution is 5.23. The number of likely N-dealkylation sites (tertiary alicyclic amines) is 1. The molecule has 0 aromatic rings. The Kier molecular flexibility index (Phi) is 19.5. The first kappa shape index (κ1) is 44.2. The monoisotopic (exact) mass is 655 g/mol. The smallest absolute Gasteiger partial charge is 0.0307 e. The third kappa shape index (κ3) is 13.1. The van der Waals surface area contributed by atoms with E-state index in [4.69, 9.17) is 0 Å². The van der Waals surface area contributed by atoms with Crippen molar-refractivity contribution in [2.45, 2.75) is 200 Å². The molecule has 1 saturated heterocycles. The third-order valence-electron chi connectivity index (χ3n) is 12.6. The zero-order chi connectivity index (χ0) is 36.2. The zero-order valence-electron chi connectivity index (χ0n) is 35.4. The molecular weight excluding hydrogens is 569 g/mol. The van der Waals surface area contributed by atoms with Gasteiger partial charge < -0.3 is 0 Å². The largest absolute Gasteiger partial charge is 0.298 e. The van der Waals surface area contributed by atoms with Crippen molar-refractivity contribution in [2.24, 2.45) is 40.9 Å². The minimum Gasteiger partial charge on any atom is -0.298 e. The summed E-state index contributed by atoms with van der Waals surface area (Å²) in [7, 11) is 0. The van der Waals surface area contributed by atoms with Gasteiger partial charge in [0, 0.05) is 30.7 Å². The second kappa shape index (κ2) is 20.7. The van der Waals surface area contributed by atoms with Gasteiger partial charge in [0.2, 0.25) is 0 Å². The average Bonchev–Trinajstić information content (AvgIpc) is 3.78. The topological polar surface area (TPSA) is 6.48 Å². The molecule has 2 unspecified atom stereocenters. The number of hydrogen-bond acceptors (Lipinski definition) is 2. The van der Waals surface area contributed by atoms with Crippen LogP contribution < -0.4 is 0 Å². The van der Waals surface area contributed by atoms with Gasteiger partial charge in [0.15, 0.2) is 0 Å². The van der Waals surface area contributed by atoms with Gasteiger partial charge in [0.05, 0.1) is 0 Å². The highest BCUT2D eigenvalue weighted by Crippen LogP contribution is 2.49. The molecule has 2 heterocycles. The van der Waals surface area contributed by atoms with Gasteiger partial charge in [0.1, 0.15) is 0 Å². The van der Waals surface area contributed by atoms with Crippen molar-refractivity contribution < 1.29 is 0 Å². The lowest BCUT2D eigenvalue weighted by molar-refractivity contribution is 0.135. The van der Waals surface area contributed by atoms with E-state index in [1.54, 1.807) is 22.3 Å². The van der Waals surface area contributed by atoms with Crippen molar-refractivity contribution in [1.29, 1.82) is 0 Å². The van der Waals surface area contributed by atoms with E-state index in [-0.39, 0.29) is 0 Å². The normalized spacial score (nSPS) is 27.1. The predicted molar refractivity (Wildman–Crippen MR) is 214 cm³/mol. The lowest BCUT2D eigenvalue weighted by atomic mass is 9.73. The summed E-state index contributed by atoms with van der Waals surface area (Å²) in [6, 6.07) is 2.93. The summed E-state index contributed by atoms with van der Waals surface area (Å²) in [6.45, 7) is 44.2. The maximum absolute atomic E-state index is 2.69. The standard InChI is InChI=1S/C12H25N.C12H22.C11H20.C10H19N/c1-9(2)11(5)12-7-6-8-13(12)10(3)4;1-9(2)11-7-6-8-12(11,5)10(3)4;2*1-8(2)10-6-5-7-11(10)9(3)4/h9-12H,6-8H2,1-5H3;10H,6-8H2,1-5H3;8,10H,5-7H2,1-4H3;5-6,8-10H,7H2,1-4H3/t11?,12-;12-;10-;/m000./s1. The fraction of sp³-hybridized carbons (Fsp3) is 0.867. The second-order valence-electron chi connectivity index (χ2n) is 18.3. The molecule has 5 atom stereocenters. The van der Waals surface area contributed by atoms with Crippen LogP contribution in [0.3, 0.4) is 0 Å². The molecule has 2 saturated carbocycles. The quantitative estimate of drug-likeness (QED) is 0.252. The lowest BCUT2D eigenvalue weighted by Gasteiger charge is -2.34. The van der Waals surface area contributed by atoms with Crippen LogP contribution in [0.2, 0.25) is 0 Å². The van der Waals surface area contributed by atoms with E-state index in [0.29, 0.717) is 17.5 Å². The van der Waals surface area contributed by atoms with Crippen molar-refractivity contribution in [3.63, 3.8) is 0 Å². The molecule has 0 N–H and O–H groups in total. The molecule has 4 aliphatic rings. The molecule has 3 fully saturated rings. The Morgan fingerprint density at radius 2 is 1.30 bits per heavy atom.